The van der Waals surface area contributed by atoms with Gasteiger partial charge in [0.2, 0.25) is 0 Å². The predicted molar refractivity (Wildman–Crippen MR) is 105 cm³/mol. The third-order valence-corrected chi connectivity index (χ3v) is 4.19. The number of hydrogen-bond donors (Lipinski definition) is 2. The van der Waals surface area contributed by atoms with Crippen molar-refractivity contribution in [1.82, 2.24) is 10.6 Å². The lowest BCUT2D eigenvalue weighted by atomic mass is 10.1. The molecule has 0 spiro atoms. The molecule has 0 saturated heterocycles. The van der Waals surface area contributed by atoms with Crippen LogP contribution in [0.2, 0.25) is 0 Å². The molecule has 3 nitrogen and oxygen atoms in total. The zero-order valence-corrected chi connectivity index (χ0v) is 16.0. The van der Waals surface area contributed by atoms with Crippen LogP contribution in [0.5, 0.6) is 0 Å². The van der Waals surface area contributed by atoms with Gasteiger partial charge in [0.25, 0.3) is 0 Å². The minimum Gasteiger partial charge on any atom is -0.357 e. The molecule has 1 aliphatic rings. The van der Waals surface area contributed by atoms with Gasteiger partial charge in [-0.2, -0.15) is 11.8 Å². The molecule has 0 amide bonds. The Morgan fingerprint density at radius 3 is 2.71 bits per heavy atom. The molecule has 0 bridgehead atoms. The fourth-order valence-corrected chi connectivity index (χ4v) is 2.69. The van der Waals surface area contributed by atoms with E-state index in [1.165, 1.54) is 12.0 Å². The second kappa shape index (κ2) is 10.3. The average Bonchev–Trinajstić information content (AvgIpc) is 3.25. The van der Waals surface area contributed by atoms with Crippen LogP contribution in [0, 0.1) is 5.92 Å². The molecule has 1 aliphatic carbocycles. The van der Waals surface area contributed by atoms with Crippen LogP contribution in [0.3, 0.4) is 0 Å². The van der Waals surface area contributed by atoms with Gasteiger partial charge in [0.1, 0.15) is 0 Å². The first kappa shape index (κ1) is 18.6. The highest BCUT2D eigenvalue weighted by Crippen LogP contribution is 2.47. The molecule has 0 radical (unpaired) electrons. The maximum absolute atomic E-state index is 4.71. The Labute approximate surface area is 149 Å². The van der Waals surface area contributed by atoms with Crippen LogP contribution < -0.4 is 10.6 Å². The Morgan fingerprint density at radius 2 is 2.05 bits per heavy atom. The van der Waals surface area contributed by atoms with Gasteiger partial charge in [0.05, 0.1) is 0 Å². The third kappa shape index (κ3) is 6.46. The molecule has 2 unspecified atom stereocenters. The lowest BCUT2D eigenvalue weighted by Crippen LogP contribution is -2.38. The van der Waals surface area contributed by atoms with E-state index in [0.717, 1.165) is 31.3 Å². The summed E-state index contributed by atoms with van der Waals surface area (Å²) in [6.45, 7) is 4.92. The first-order valence-electron chi connectivity index (χ1n) is 7.41. The molecule has 2 N–H and O–H groups in total. The van der Waals surface area contributed by atoms with E-state index in [-0.39, 0.29) is 24.0 Å². The molecule has 0 heterocycles. The monoisotopic (exact) mass is 419 g/mol. The van der Waals surface area contributed by atoms with Crippen molar-refractivity contribution in [2.45, 2.75) is 19.3 Å². The zero-order valence-electron chi connectivity index (χ0n) is 12.8. The summed E-state index contributed by atoms with van der Waals surface area (Å²) in [5.74, 6) is 3.50. The first-order valence-corrected chi connectivity index (χ1v) is 8.80. The van der Waals surface area contributed by atoms with Crippen LogP contribution >= 0.6 is 35.7 Å². The van der Waals surface area contributed by atoms with Gasteiger partial charge in [-0.1, -0.05) is 30.3 Å². The molecular weight excluding hydrogens is 393 g/mol. The molecular formula is C16H26IN3S. The second-order valence-electron chi connectivity index (χ2n) is 5.15. The smallest absolute Gasteiger partial charge is 0.191 e. The summed E-state index contributed by atoms with van der Waals surface area (Å²) in [7, 11) is 0. The summed E-state index contributed by atoms with van der Waals surface area (Å²) in [4.78, 5) is 4.71. The SMILES string of the molecule is CCNC(=NCC1CC1c1ccccc1)NCCSC.I. The Balaban J connectivity index is 0.00000220. The topological polar surface area (TPSA) is 36.4 Å². The van der Waals surface area contributed by atoms with E-state index in [4.69, 9.17) is 4.99 Å². The minimum atomic E-state index is 0. The summed E-state index contributed by atoms with van der Waals surface area (Å²) in [6.07, 6.45) is 3.40. The van der Waals surface area contributed by atoms with Gasteiger partial charge in [0, 0.05) is 25.4 Å². The summed E-state index contributed by atoms with van der Waals surface area (Å²) >= 11 is 1.85. The highest BCUT2D eigenvalue weighted by Gasteiger charge is 2.37. The molecule has 2 rings (SSSR count). The molecule has 1 aromatic rings. The van der Waals surface area contributed by atoms with Crippen LogP contribution in [0.15, 0.2) is 35.3 Å². The molecule has 0 aliphatic heterocycles. The zero-order chi connectivity index (χ0) is 14.2. The van der Waals surface area contributed by atoms with E-state index >= 15 is 0 Å². The lowest BCUT2D eigenvalue weighted by molar-refractivity contribution is 0.779. The van der Waals surface area contributed by atoms with Crippen molar-refractivity contribution < 1.29 is 0 Å². The maximum atomic E-state index is 4.71. The van der Waals surface area contributed by atoms with Gasteiger partial charge in [-0.3, -0.25) is 4.99 Å². The van der Waals surface area contributed by atoms with Gasteiger partial charge >= 0.3 is 0 Å². The second-order valence-corrected chi connectivity index (χ2v) is 6.14. The number of guanidine groups is 1. The largest absolute Gasteiger partial charge is 0.357 e. The van der Waals surface area contributed by atoms with Crippen LogP contribution in [-0.2, 0) is 0 Å². The fourth-order valence-electron chi connectivity index (χ4n) is 2.38. The van der Waals surface area contributed by atoms with Crippen molar-refractivity contribution in [3.8, 4) is 0 Å². The molecule has 21 heavy (non-hydrogen) atoms. The van der Waals surface area contributed by atoms with Crippen molar-refractivity contribution in [3.05, 3.63) is 35.9 Å². The normalized spacial score (nSPS) is 20.6. The lowest BCUT2D eigenvalue weighted by Gasteiger charge is -2.10. The summed E-state index contributed by atoms with van der Waals surface area (Å²) < 4.78 is 0. The Hall–Kier alpha value is -0.430. The maximum Gasteiger partial charge on any atom is 0.191 e. The van der Waals surface area contributed by atoms with E-state index < -0.39 is 0 Å². The van der Waals surface area contributed by atoms with E-state index in [1.54, 1.807) is 0 Å². The number of aliphatic imine (C=N–C) groups is 1. The van der Waals surface area contributed by atoms with E-state index in [1.807, 2.05) is 11.8 Å². The fraction of sp³-hybridized carbons (Fsp3) is 0.562. The van der Waals surface area contributed by atoms with Crippen molar-refractivity contribution >= 4 is 41.7 Å². The van der Waals surface area contributed by atoms with Crippen LogP contribution in [0.1, 0.15) is 24.8 Å². The van der Waals surface area contributed by atoms with Crippen molar-refractivity contribution in [2.75, 3.05) is 31.6 Å². The minimum absolute atomic E-state index is 0. The third-order valence-electron chi connectivity index (χ3n) is 3.58. The first-order chi connectivity index (χ1) is 9.85. The number of nitrogens with one attached hydrogen (secondary N) is 2. The van der Waals surface area contributed by atoms with E-state index in [2.05, 4.69) is 54.1 Å². The Bertz CT molecular complexity index is 425. The van der Waals surface area contributed by atoms with Crippen LogP contribution in [-0.4, -0.2) is 37.6 Å². The van der Waals surface area contributed by atoms with Crippen molar-refractivity contribution in [3.63, 3.8) is 0 Å². The van der Waals surface area contributed by atoms with Gasteiger partial charge in [0.15, 0.2) is 5.96 Å². The Kier molecular flexibility index (Phi) is 9.15. The molecule has 2 atom stereocenters. The molecule has 1 aromatic carbocycles. The molecule has 118 valence electrons. The number of hydrogen-bond acceptors (Lipinski definition) is 2. The predicted octanol–water partition coefficient (Wildman–Crippen LogP) is 3.33. The summed E-state index contributed by atoms with van der Waals surface area (Å²) in [5, 5.41) is 6.69. The van der Waals surface area contributed by atoms with E-state index in [9.17, 15) is 0 Å². The van der Waals surface area contributed by atoms with Crippen LogP contribution in [0.4, 0.5) is 0 Å². The summed E-state index contributed by atoms with van der Waals surface area (Å²) in [6, 6.07) is 10.8. The van der Waals surface area contributed by atoms with Gasteiger partial charge in [-0.05, 0) is 37.0 Å². The highest BCUT2D eigenvalue weighted by molar-refractivity contribution is 14.0. The van der Waals surface area contributed by atoms with E-state index in [0.29, 0.717) is 11.8 Å². The van der Waals surface area contributed by atoms with Crippen molar-refractivity contribution in [2.24, 2.45) is 10.9 Å². The van der Waals surface area contributed by atoms with Gasteiger partial charge in [-0.15, -0.1) is 24.0 Å². The standard InChI is InChI=1S/C16H25N3S.HI/c1-3-17-16(18-9-10-20-2)19-12-14-11-15(14)13-7-5-4-6-8-13;/h4-8,14-15H,3,9-12H2,1-2H3,(H2,17,18,19);1H. The average molecular weight is 419 g/mol. The Morgan fingerprint density at radius 1 is 1.29 bits per heavy atom. The molecule has 0 aromatic heterocycles. The van der Waals surface area contributed by atoms with Crippen molar-refractivity contribution in [1.29, 1.82) is 0 Å². The molecule has 5 heteroatoms. The summed E-state index contributed by atoms with van der Waals surface area (Å²) in [5.41, 5.74) is 1.47. The number of nitrogens with zero attached hydrogens (tertiary/aromatic N) is 1. The number of rotatable bonds is 7. The van der Waals surface area contributed by atoms with Gasteiger partial charge in [-0.25, -0.2) is 0 Å². The molecule has 1 fully saturated rings. The number of thioether (sulfide) groups is 1. The molecule has 1 saturated carbocycles. The quantitative estimate of drug-likeness (QED) is 0.308. The van der Waals surface area contributed by atoms with Crippen LogP contribution in [0.25, 0.3) is 0 Å². The number of halogens is 1. The van der Waals surface area contributed by atoms with Gasteiger partial charge < -0.3 is 10.6 Å². The highest BCUT2D eigenvalue weighted by atomic mass is 127. The number of benzene rings is 1.